The fraction of sp³-hybridized carbons (Fsp3) is 0.600. The van der Waals surface area contributed by atoms with Crippen LogP contribution in [-0.2, 0) is 19.6 Å². The summed E-state index contributed by atoms with van der Waals surface area (Å²) >= 11 is 0. The SMILES string of the molecule is CC(C)C[C@@H](NC(=O)C1CCN(S(=O)(=O)c2ccccc2)CC1)C(=O)NCCO. The minimum atomic E-state index is -3.56. The first kappa shape index (κ1) is 23.3. The molecule has 1 atom stereocenters. The van der Waals surface area contributed by atoms with E-state index in [1.807, 2.05) is 13.8 Å². The van der Waals surface area contributed by atoms with E-state index in [9.17, 15) is 18.0 Å². The molecular formula is C20H31N3O5S. The molecule has 1 aliphatic rings. The fourth-order valence-electron chi connectivity index (χ4n) is 3.39. The Morgan fingerprint density at radius 2 is 1.79 bits per heavy atom. The summed E-state index contributed by atoms with van der Waals surface area (Å²) in [5.41, 5.74) is 0. The Labute approximate surface area is 172 Å². The quantitative estimate of drug-likeness (QED) is 0.539. The Hall–Kier alpha value is -1.97. The van der Waals surface area contributed by atoms with Crippen LogP contribution in [0.2, 0.25) is 0 Å². The maximum absolute atomic E-state index is 12.7. The predicted molar refractivity (Wildman–Crippen MR) is 109 cm³/mol. The topological polar surface area (TPSA) is 116 Å². The standard InChI is InChI=1S/C20H31N3O5S/c1-15(2)14-18(20(26)21-10-13-24)22-19(25)16-8-11-23(12-9-16)29(27,28)17-6-4-3-5-7-17/h3-7,15-16,18,24H,8-14H2,1-2H3,(H,21,26)(H,22,25)/t18-/m1/s1. The van der Waals surface area contributed by atoms with Gasteiger partial charge in [0.05, 0.1) is 11.5 Å². The van der Waals surface area contributed by atoms with E-state index in [0.29, 0.717) is 19.3 Å². The zero-order chi connectivity index (χ0) is 21.4. The van der Waals surface area contributed by atoms with Crippen molar-refractivity contribution < 1.29 is 23.1 Å². The molecule has 0 spiro atoms. The van der Waals surface area contributed by atoms with Gasteiger partial charge in [0, 0.05) is 25.6 Å². The molecule has 0 saturated carbocycles. The smallest absolute Gasteiger partial charge is 0.243 e. The number of carbonyl (C=O) groups excluding carboxylic acids is 2. The molecule has 1 aliphatic heterocycles. The van der Waals surface area contributed by atoms with Gasteiger partial charge in [-0.1, -0.05) is 32.0 Å². The van der Waals surface area contributed by atoms with Gasteiger partial charge in [-0.3, -0.25) is 9.59 Å². The highest BCUT2D eigenvalue weighted by Crippen LogP contribution is 2.24. The molecule has 1 heterocycles. The molecule has 0 unspecified atom stereocenters. The lowest BCUT2D eigenvalue weighted by Crippen LogP contribution is -2.51. The van der Waals surface area contributed by atoms with Gasteiger partial charge in [-0.15, -0.1) is 0 Å². The van der Waals surface area contributed by atoms with Crippen molar-refractivity contribution in [1.82, 2.24) is 14.9 Å². The fourth-order valence-corrected chi connectivity index (χ4v) is 4.89. The molecular weight excluding hydrogens is 394 g/mol. The van der Waals surface area contributed by atoms with Crippen LogP contribution in [-0.4, -0.2) is 61.9 Å². The Morgan fingerprint density at radius 1 is 1.17 bits per heavy atom. The third-order valence-electron chi connectivity index (χ3n) is 4.96. The summed E-state index contributed by atoms with van der Waals surface area (Å²) in [6.07, 6.45) is 1.30. The molecule has 0 radical (unpaired) electrons. The number of piperidine rings is 1. The van der Waals surface area contributed by atoms with Gasteiger partial charge < -0.3 is 15.7 Å². The van der Waals surface area contributed by atoms with Crippen LogP contribution >= 0.6 is 0 Å². The van der Waals surface area contributed by atoms with Crippen LogP contribution in [0.15, 0.2) is 35.2 Å². The Balaban J connectivity index is 1.95. The average Bonchev–Trinajstić information content (AvgIpc) is 2.71. The van der Waals surface area contributed by atoms with E-state index in [-0.39, 0.29) is 54.8 Å². The van der Waals surface area contributed by atoms with Crippen LogP contribution in [0, 0.1) is 11.8 Å². The van der Waals surface area contributed by atoms with Crippen LogP contribution in [0.5, 0.6) is 0 Å². The summed E-state index contributed by atoms with van der Waals surface area (Å²) in [5.74, 6) is -0.674. The number of aliphatic hydroxyl groups excluding tert-OH is 1. The van der Waals surface area contributed by atoms with Gasteiger partial charge in [0.1, 0.15) is 6.04 Å². The zero-order valence-corrected chi connectivity index (χ0v) is 17.8. The molecule has 1 fully saturated rings. The van der Waals surface area contributed by atoms with Crippen molar-refractivity contribution in [1.29, 1.82) is 0 Å². The number of sulfonamides is 1. The third kappa shape index (κ3) is 6.52. The molecule has 9 heteroatoms. The van der Waals surface area contributed by atoms with Crippen molar-refractivity contribution in [3.05, 3.63) is 30.3 Å². The van der Waals surface area contributed by atoms with E-state index in [1.54, 1.807) is 30.3 Å². The summed E-state index contributed by atoms with van der Waals surface area (Å²) < 4.78 is 26.8. The summed E-state index contributed by atoms with van der Waals surface area (Å²) in [7, 11) is -3.56. The third-order valence-corrected chi connectivity index (χ3v) is 6.87. The average molecular weight is 426 g/mol. The molecule has 29 heavy (non-hydrogen) atoms. The number of hydrogen-bond donors (Lipinski definition) is 3. The number of carbonyl (C=O) groups is 2. The van der Waals surface area contributed by atoms with Crippen molar-refractivity contribution in [2.75, 3.05) is 26.2 Å². The highest BCUT2D eigenvalue weighted by atomic mass is 32.2. The van der Waals surface area contributed by atoms with Crippen molar-refractivity contribution in [2.24, 2.45) is 11.8 Å². The molecule has 2 rings (SSSR count). The summed E-state index contributed by atoms with van der Waals surface area (Å²) in [6, 6.07) is 7.60. The van der Waals surface area contributed by atoms with E-state index >= 15 is 0 Å². The highest BCUT2D eigenvalue weighted by molar-refractivity contribution is 7.89. The number of rotatable bonds is 9. The van der Waals surface area contributed by atoms with E-state index in [1.165, 1.54) is 4.31 Å². The Morgan fingerprint density at radius 3 is 2.34 bits per heavy atom. The van der Waals surface area contributed by atoms with Crippen molar-refractivity contribution in [3.63, 3.8) is 0 Å². The van der Waals surface area contributed by atoms with Gasteiger partial charge in [0.25, 0.3) is 0 Å². The molecule has 1 saturated heterocycles. The predicted octanol–water partition coefficient (Wildman–Crippen LogP) is 0.727. The lowest BCUT2D eigenvalue weighted by molar-refractivity contribution is -0.132. The van der Waals surface area contributed by atoms with Gasteiger partial charge in [-0.2, -0.15) is 4.31 Å². The number of aliphatic hydroxyl groups is 1. The number of nitrogens with one attached hydrogen (secondary N) is 2. The lowest BCUT2D eigenvalue weighted by atomic mass is 9.95. The maximum Gasteiger partial charge on any atom is 0.243 e. The van der Waals surface area contributed by atoms with Crippen LogP contribution in [0.4, 0.5) is 0 Å². The maximum atomic E-state index is 12.7. The Bertz CT molecular complexity index is 775. The van der Waals surface area contributed by atoms with E-state index < -0.39 is 16.1 Å². The van der Waals surface area contributed by atoms with E-state index in [0.717, 1.165) is 0 Å². The second-order valence-electron chi connectivity index (χ2n) is 7.70. The van der Waals surface area contributed by atoms with Crippen molar-refractivity contribution in [3.8, 4) is 0 Å². The summed E-state index contributed by atoms with van der Waals surface area (Å²) in [4.78, 5) is 25.2. The highest BCUT2D eigenvalue weighted by Gasteiger charge is 2.33. The molecule has 1 aromatic carbocycles. The monoisotopic (exact) mass is 425 g/mol. The molecule has 0 aliphatic carbocycles. The molecule has 8 nitrogen and oxygen atoms in total. The molecule has 0 aromatic heterocycles. The first-order valence-corrected chi connectivity index (χ1v) is 11.4. The minimum absolute atomic E-state index is 0.138. The lowest BCUT2D eigenvalue weighted by Gasteiger charge is -2.31. The molecule has 162 valence electrons. The van der Waals surface area contributed by atoms with E-state index in [4.69, 9.17) is 5.11 Å². The summed E-state index contributed by atoms with van der Waals surface area (Å²) in [6.45, 7) is 4.43. The summed E-state index contributed by atoms with van der Waals surface area (Å²) in [5, 5.41) is 14.3. The van der Waals surface area contributed by atoms with Crippen LogP contribution in [0.25, 0.3) is 0 Å². The van der Waals surface area contributed by atoms with Crippen LogP contribution in [0.3, 0.4) is 0 Å². The normalized spacial score (nSPS) is 17.1. The van der Waals surface area contributed by atoms with E-state index in [2.05, 4.69) is 10.6 Å². The number of amides is 2. The largest absolute Gasteiger partial charge is 0.395 e. The molecule has 0 bridgehead atoms. The van der Waals surface area contributed by atoms with Gasteiger partial charge in [-0.05, 0) is 37.3 Å². The number of nitrogens with zero attached hydrogens (tertiary/aromatic N) is 1. The van der Waals surface area contributed by atoms with Gasteiger partial charge in [0.15, 0.2) is 0 Å². The first-order valence-electron chi connectivity index (χ1n) is 9.99. The minimum Gasteiger partial charge on any atom is -0.395 e. The van der Waals surface area contributed by atoms with Gasteiger partial charge in [0.2, 0.25) is 21.8 Å². The van der Waals surface area contributed by atoms with Gasteiger partial charge in [-0.25, -0.2) is 8.42 Å². The Kier molecular flexibility index (Phi) is 8.60. The second-order valence-corrected chi connectivity index (χ2v) is 9.63. The number of hydrogen-bond acceptors (Lipinski definition) is 5. The van der Waals surface area contributed by atoms with Crippen molar-refractivity contribution >= 4 is 21.8 Å². The molecule has 1 aromatic rings. The second kappa shape index (κ2) is 10.7. The van der Waals surface area contributed by atoms with Gasteiger partial charge >= 0.3 is 0 Å². The van der Waals surface area contributed by atoms with Crippen LogP contribution < -0.4 is 10.6 Å². The number of benzene rings is 1. The first-order chi connectivity index (χ1) is 13.8. The molecule has 3 N–H and O–H groups in total. The van der Waals surface area contributed by atoms with Crippen molar-refractivity contribution in [2.45, 2.75) is 44.0 Å². The molecule has 2 amide bonds. The van der Waals surface area contributed by atoms with Crippen LogP contribution in [0.1, 0.15) is 33.1 Å². The zero-order valence-electron chi connectivity index (χ0n) is 17.0.